The minimum atomic E-state index is 0.603. The molecule has 3 heteroatoms. The zero-order valence-corrected chi connectivity index (χ0v) is 9.14. The van der Waals surface area contributed by atoms with E-state index in [2.05, 4.69) is 6.07 Å². The van der Waals surface area contributed by atoms with Gasteiger partial charge in [0.15, 0.2) is 0 Å². The predicted molar refractivity (Wildman–Crippen MR) is 63.6 cm³/mol. The van der Waals surface area contributed by atoms with Crippen LogP contribution in [0.3, 0.4) is 0 Å². The number of benzene rings is 1. The first-order valence-electron chi connectivity index (χ1n) is 4.58. The summed E-state index contributed by atoms with van der Waals surface area (Å²) in [6.07, 6.45) is 0. The second-order valence-corrected chi connectivity index (χ2v) is 4.48. The number of nitrogens with two attached hydrogens (primary N) is 1. The van der Waals surface area contributed by atoms with Crippen LogP contribution in [0.4, 0.5) is 5.69 Å². The van der Waals surface area contributed by atoms with Crippen LogP contribution in [0.2, 0.25) is 0 Å². The van der Waals surface area contributed by atoms with Gasteiger partial charge in [0.1, 0.15) is 10.9 Å². The number of aryl methyl sites for hydroxylation is 1. The Hall–Kier alpha value is -1.79. The van der Waals surface area contributed by atoms with Gasteiger partial charge in [0.05, 0.1) is 5.69 Å². The molecule has 2 nitrogen and oxygen atoms in total. The van der Waals surface area contributed by atoms with Crippen LogP contribution in [0.1, 0.15) is 9.75 Å². The first-order valence-corrected chi connectivity index (χ1v) is 5.40. The monoisotopic (exact) mass is 214 g/mol. The summed E-state index contributed by atoms with van der Waals surface area (Å²) in [6, 6.07) is 12.0. The molecule has 0 saturated carbocycles. The Morgan fingerprint density at radius 3 is 2.47 bits per heavy atom. The van der Waals surface area contributed by atoms with Crippen molar-refractivity contribution in [3.8, 4) is 17.2 Å². The van der Waals surface area contributed by atoms with E-state index < -0.39 is 0 Å². The van der Waals surface area contributed by atoms with Crippen LogP contribution in [0.25, 0.3) is 11.1 Å². The zero-order chi connectivity index (χ0) is 10.8. The Balaban J connectivity index is 2.65. The molecule has 0 unspecified atom stereocenters. The number of hydrogen-bond acceptors (Lipinski definition) is 3. The molecular formula is C12H10N2S. The highest BCUT2D eigenvalue weighted by Gasteiger charge is 2.13. The van der Waals surface area contributed by atoms with E-state index in [1.54, 1.807) is 0 Å². The van der Waals surface area contributed by atoms with Crippen LogP contribution in [0.15, 0.2) is 30.3 Å². The Bertz CT molecular complexity index is 521. The SMILES string of the molecule is Cc1sc(C#N)c(N)c1-c1ccccc1. The fraction of sp³-hybridized carbons (Fsp3) is 0.0833. The molecule has 0 aliphatic carbocycles. The summed E-state index contributed by atoms with van der Waals surface area (Å²) in [4.78, 5) is 1.70. The maximum atomic E-state index is 8.88. The Kier molecular flexibility index (Phi) is 2.44. The Labute approximate surface area is 92.6 Å². The lowest BCUT2D eigenvalue weighted by Crippen LogP contribution is -1.88. The highest BCUT2D eigenvalue weighted by Crippen LogP contribution is 2.37. The second-order valence-electron chi connectivity index (χ2n) is 3.25. The van der Waals surface area contributed by atoms with Crippen molar-refractivity contribution in [3.63, 3.8) is 0 Å². The average molecular weight is 214 g/mol. The van der Waals surface area contributed by atoms with Crippen molar-refractivity contribution >= 4 is 17.0 Å². The number of hydrogen-bond donors (Lipinski definition) is 1. The van der Waals surface area contributed by atoms with Gasteiger partial charge in [-0.25, -0.2) is 0 Å². The molecule has 2 N–H and O–H groups in total. The van der Waals surface area contributed by atoms with Crippen molar-refractivity contribution < 1.29 is 0 Å². The Morgan fingerprint density at radius 2 is 1.93 bits per heavy atom. The first-order chi connectivity index (χ1) is 7.24. The van der Waals surface area contributed by atoms with Gasteiger partial charge in [-0.2, -0.15) is 5.26 Å². The summed E-state index contributed by atoms with van der Waals surface area (Å²) < 4.78 is 0. The molecule has 1 heterocycles. The molecule has 2 rings (SSSR count). The Morgan fingerprint density at radius 1 is 1.27 bits per heavy atom. The second kappa shape index (κ2) is 3.76. The lowest BCUT2D eigenvalue weighted by Gasteiger charge is -2.01. The van der Waals surface area contributed by atoms with E-state index in [1.165, 1.54) is 11.3 Å². The van der Waals surface area contributed by atoms with Crippen LogP contribution in [0.5, 0.6) is 0 Å². The van der Waals surface area contributed by atoms with Gasteiger partial charge >= 0.3 is 0 Å². The molecule has 0 aliphatic rings. The molecular weight excluding hydrogens is 204 g/mol. The summed E-state index contributed by atoms with van der Waals surface area (Å²) in [5, 5.41) is 8.88. The molecule has 0 bridgehead atoms. The van der Waals surface area contributed by atoms with Gasteiger partial charge in [-0.3, -0.25) is 0 Å². The van der Waals surface area contributed by atoms with E-state index >= 15 is 0 Å². The van der Waals surface area contributed by atoms with Gasteiger partial charge in [-0.05, 0) is 12.5 Å². The predicted octanol–water partition coefficient (Wildman–Crippen LogP) is 3.18. The van der Waals surface area contributed by atoms with E-state index in [0.29, 0.717) is 10.6 Å². The smallest absolute Gasteiger partial charge is 0.128 e. The third-order valence-electron chi connectivity index (χ3n) is 2.29. The summed E-state index contributed by atoms with van der Waals surface area (Å²) in [7, 11) is 0. The standard InChI is InChI=1S/C12H10N2S/c1-8-11(9-5-3-2-4-6-9)12(14)10(7-13)15-8/h2-6H,14H2,1H3. The van der Waals surface area contributed by atoms with Gasteiger partial charge in [-0.1, -0.05) is 30.3 Å². The molecule has 2 aromatic rings. The molecule has 1 aromatic heterocycles. The minimum absolute atomic E-state index is 0.603. The number of nitrogens with zero attached hydrogens (tertiary/aromatic N) is 1. The highest BCUT2D eigenvalue weighted by atomic mass is 32.1. The van der Waals surface area contributed by atoms with Crippen molar-refractivity contribution in [3.05, 3.63) is 40.1 Å². The molecule has 0 spiro atoms. The number of nitriles is 1. The summed E-state index contributed by atoms with van der Waals surface area (Å²) in [5.74, 6) is 0. The molecule has 74 valence electrons. The summed E-state index contributed by atoms with van der Waals surface area (Å²) in [6.45, 7) is 1.99. The van der Waals surface area contributed by atoms with E-state index in [4.69, 9.17) is 11.0 Å². The van der Waals surface area contributed by atoms with Crippen LogP contribution >= 0.6 is 11.3 Å². The van der Waals surface area contributed by atoms with Crippen LogP contribution in [-0.4, -0.2) is 0 Å². The van der Waals surface area contributed by atoms with Gasteiger partial charge < -0.3 is 5.73 Å². The number of nitrogen functional groups attached to an aromatic ring is 1. The van der Waals surface area contributed by atoms with Crippen molar-refractivity contribution in [1.82, 2.24) is 0 Å². The van der Waals surface area contributed by atoms with E-state index in [1.807, 2.05) is 37.3 Å². The van der Waals surface area contributed by atoms with E-state index in [9.17, 15) is 0 Å². The molecule has 0 aliphatic heterocycles. The van der Waals surface area contributed by atoms with Gasteiger partial charge in [0.2, 0.25) is 0 Å². The van der Waals surface area contributed by atoms with Crippen molar-refractivity contribution in [2.45, 2.75) is 6.92 Å². The fourth-order valence-corrected chi connectivity index (χ4v) is 2.50. The van der Waals surface area contributed by atoms with Gasteiger partial charge in [-0.15, -0.1) is 11.3 Å². The quantitative estimate of drug-likeness (QED) is 0.792. The lowest BCUT2D eigenvalue weighted by atomic mass is 10.1. The molecule has 0 saturated heterocycles. The number of anilines is 1. The van der Waals surface area contributed by atoms with E-state index in [-0.39, 0.29) is 0 Å². The number of rotatable bonds is 1. The minimum Gasteiger partial charge on any atom is -0.396 e. The third kappa shape index (κ3) is 1.60. The van der Waals surface area contributed by atoms with E-state index in [0.717, 1.165) is 16.0 Å². The topological polar surface area (TPSA) is 49.8 Å². The summed E-state index contributed by atoms with van der Waals surface area (Å²) >= 11 is 1.45. The summed E-state index contributed by atoms with van der Waals surface area (Å²) in [5.41, 5.74) is 8.61. The van der Waals surface area contributed by atoms with Gasteiger partial charge in [0, 0.05) is 10.4 Å². The molecule has 0 fully saturated rings. The maximum absolute atomic E-state index is 8.88. The first kappa shape index (κ1) is 9.75. The fourth-order valence-electron chi connectivity index (χ4n) is 1.61. The largest absolute Gasteiger partial charge is 0.396 e. The molecule has 0 amide bonds. The molecule has 0 atom stereocenters. The molecule has 0 radical (unpaired) electrons. The van der Waals surface area contributed by atoms with Crippen LogP contribution in [0, 0.1) is 18.3 Å². The lowest BCUT2D eigenvalue weighted by molar-refractivity contribution is 1.52. The third-order valence-corrected chi connectivity index (χ3v) is 3.31. The maximum Gasteiger partial charge on any atom is 0.128 e. The van der Waals surface area contributed by atoms with Crippen molar-refractivity contribution in [2.75, 3.05) is 5.73 Å². The van der Waals surface area contributed by atoms with Crippen LogP contribution < -0.4 is 5.73 Å². The molecule has 1 aromatic carbocycles. The van der Waals surface area contributed by atoms with Crippen molar-refractivity contribution in [1.29, 1.82) is 5.26 Å². The normalized spacial score (nSPS) is 9.87. The number of thiophene rings is 1. The highest BCUT2D eigenvalue weighted by molar-refractivity contribution is 7.13. The van der Waals surface area contributed by atoms with Crippen LogP contribution in [-0.2, 0) is 0 Å². The molecule has 15 heavy (non-hydrogen) atoms. The van der Waals surface area contributed by atoms with Gasteiger partial charge in [0.25, 0.3) is 0 Å². The van der Waals surface area contributed by atoms with Crippen molar-refractivity contribution in [2.24, 2.45) is 0 Å². The zero-order valence-electron chi connectivity index (χ0n) is 8.32. The average Bonchev–Trinajstić information content (AvgIpc) is 2.55.